The van der Waals surface area contributed by atoms with Crippen molar-refractivity contribution in [3.63, 3.8) is 0 Å². The number of hydrogen-bond donors (Lipinski definition) is 2. The second-order valence-electron chi connectivity index (χ2n) is 4.22. The third-order valence-corrected chi connectivity index (χ3v) is 2.76. The van der Waals surface area contributed by atoms with Gasteiger partial charge >= 0.3 is 0 Å². The SMILES string of the molecule is CCCc1c(C)nc(Nc2ccccc2)[nH]c1=O. The van der Waals surface area contributed by atoms with Crippen molar-refractivity contribution in [1.82, 2.24) is 9.97 Å². The van der Waals surface area contributed by atoms with Gasteiger partial charge in [0.1, 0.15) is 0 Å². The molecule has 2 N–H and O–H groups in total. The first kappa shape index (κ1) is 12.4. The summed E-state index contributed by atoms with van der Waals surface area (Å²) in [5.74, 6) is 0.489. The summed E-state index contributed by atoms with van der Waals surface area (Å²) in [4.78, 5) is 19.1. The van der Waals surface area contributed by atoms with Gasteiger partial charge in [0.05, 0.1) is 0 Å². The van der Waals surface area contributed by atoms with Crippen LogP contribution in [0.3, 0.4) is 0 Å². The Balaban J connectivity index is 2.28. The van der Waals surface area contributed by atoms with E-state index in [1.165, 1.54) is 0 Å². The van der Waals surface area contributed by atoms with Gasteiger partial charge in [-0.2, -0.15) is 0 Å². The van der Waals surface area contributed by atoms with Crippen LogP contribution in [0.4, 0.5) is 11.6 Å². The summed E-state index contributed by atoms with van der Waals surface area (Å²) >= 11 is 0. The van der Waals surface area contributed by atoms with Crippen LogP contribution >= 0.6 is 0 Å². The maximum atomic E-state index is 11.9. The van der Waals surface area contributed by atoms with Crippen LogP contribution in [-0.4, -0.2) is 9.97 Å². The highest BCUT2D eigenvalue weighted by atomic mass is 16.1. The van der Waals surface area contributed by atoms with E-state index in [2.05, 4.69) is 22.2 Å². The van der Waals surface area contributed by atoms with Gasteiger partial charge in [-0.3, -0.25) is 9.78 Å². The highest BCUT2D eigenvalue weighted by Crippen LogP contribution is 2.12. The summed E-state index contributed by atoms with van der Waals surface area (Å²) < 4.78 is 0. The molecule has 1 heterocycles. The molecule has 0 aliphatic carbocycles. The van der Waals surface area contributed by atoms with E-state index in [-0.39, 0.29) is 5.56 Å². The third kappa shape index (κ3) is 2.77. The molecule has 2 rings (SSSR count). The van der Waals surface area contributed by atoms with Crippen molar-refractivity contribution >= 4 is 11.6 Å². The summed E-state index contributed by atoms with van der Waals surface area (Å²) in [5.41, 5.74) is 2.42. The van der Waals surface area contributed by atoms with Gasteiger partial charge < -0.3 is 5.32 Å². The number of aromatic nitrogens is 2. The van der Waals surface area contributed by atoms with Crippen molar-refractivity contribution in [1.29, 1.82) is 0 Å². The van der Waals surface area contributed by atoms with Gasteiger partial charge in [-0.05, 0) is 25.5 Å². The number of benzene rings is 1. The lowest BCUT2D eigenvalue weighted by molar-refractivity contribution is 0.868. The van der Waals surface area contributed by atoms with Crippen molar-refractivity contribution in [2.45, 2.75) is 26.7 Å². The molecule has 0 unspecified atom stereocenters. The van der Waals surface area contributed by atoms with Crippen LogP contribution in [0.1, 0.15) is 24.6 Å². The van der Waals surface area contributed by atoms with Crippen molar-refractivity contribution < 1.29 is 0 Å². The number of H-pyrrole nitrogens is 1. The van der Waals surface area contributed by atoms with Gasteiger partial charge in [0.2, 0.25) is 5.95 Å². The van der Waals surface area contributed by atoms with Gasteiger partial charge in [-0.15, -0.1) is 0 Å². The average Bonchev–Trinajstić information content (AvgIpc) is 2.35. The quantitative estimate of drug-likeness (QED) is 0.868. The largest absolute Gasteiger partial charge is 0.326 e. The van der Waals surface area contributed by atoms with Crippen molar-refractivity contribution in [3.8, 4) is 0 Å². The summed E-state index contributed by atoms with van der Waals surface area (Å²) in [6.07, 6.45) is 1.71. The fourth-order valence-corrected chi connectivity index (χ4v) is 1.87. The first-order chi connectivity index (χ1) is 8.70. The number of rotatable bonds is 4. The monoisotopic (exact) mass is 243 g/mol. The van der Waals surface area contributed by atoms with E-state index in [0.29, 0.717) is 5.95 Å². The fraction of sp³-hybridized carbons (Fsp3) is 0.286. The number of nitrogens with zero attached hydrogens (tertiary/aromatic N) is 1. The molecule has 4 nitrogen and oxygen atoms in total. The number of aromatic amines is 1. The molecule has 4 heteroatoms. The zero-order chi connectivity index (χ0) is 13.0. The molecule has 0 radical (unpaired) electrons. The Morgan fingerprint density at radius 3 is 2.61 bits per heavy atom. The van der Waals surface area contributed by atoms with E-state index >= 15 is 0 Å². The molecule has 94 valence electrons. The van der Waals surface area contributed by atoms with Gasteiger partial charge in [0, 0.05) is 16.9 Å². The minimum absolute atomic E-state index is 0.0530. The molecule has 1 aromatic carbocycles. The van der Waals surface area contributed by atoms with E-state index in [1.807, 2.05) is 37.3 Å². The van der Waals surface area contributed by atoms with E-state index in [0.717, 1.165) is 29.8 Å². The van der Waals surface area contributed by atoms with Crippen LogP contribution in [0.25, 0.3) is 0 Å². The summed E-state index contributed by atoms with van der Waals surface area (Å²) in [5, 5.41) is 3.09. The Kier molecular flexibility index (Phi) is 3.77. The zero-order valence-corrected chi connectivity index (χ0v) is 10.7. The lowest BCUT2D eigenvalue weighted by Gasteiger charge is -2.08. The molecule has 0 amide bonds. The minimum atomic E-state index is -0.0530. The smallest absolute Gasteiger partial charge is 0.255 e. The van der Waals surface area contributed by atoms with Crippen molar-refractivity contribution in [2.75, 3.05) is 5.32 Å². The van der Waals surface area contributed by atoms with Crippen molar-refractivity contribution in [2.24, 2.45) is 0 Å². The molecule has 0 aliphatic heterocycles. The van der Waals surface area contributed by atoms with E-state index in [1.54, 1.807) is 0 Å². The molecule has 0 spiro atoms. The van der Waals surface area contributed by atoms with Crippen LogP contribution in [-0.2, 0) is 6.42 Å². The van der Waals surface area contributed by atoms with Crippen LogP contribution in [0, 0.1) is 6.92 Å². The molecule has 0 fully saturated rings. The number of anilines is 2. The molecule has 0 bridgehead atoms. The first-order valence-corrected chi connectivity index (χ1v) is 6.12. The number of aryl methyl sites for hydroxylation is 1. The number of para-hydroxylation sites is 1. The summed E-state index contributed by atoms with van der Waals surface area (Å²) in [6.45, 7) is 3.92. The molecular weight excluding hydrogens is 226 g/mol. The van der Waals surface area contributed by atoms with Gasteiger partial charge in [-0.25, -0.2) is 4.98 Å². The Morgan fingerprint density at radius 1 is 1.28 bits per heavy atom. The molecule has 0 saturated carbocycles. The Hall–Kier alpha value is -2.10. The predicted molar refractivity (Wildman–Crippen MR) is 73.3 cm³/mol. The van der Waals surface area contributed by atoms with Gasteiger partial charge in [0.15, 0.2) is 0 Å². The lowest BCUT2D eigenvalue weighted by atomic mass is 10.1. The third-order valence-electron chi connectivity index (χ3n) is 2.76. The molecular formula is C14H17N3O. The number of hydrogen-bond acceptors (Lipinski definition) is 3. The van der Waals surface area contributed by atoms with Crippen LogP contribution in [0.5, 0.6) is 0 Å². The van der Waals surface area contributed by atoms with Crippen LogP contribution in [0.15, 0.2) is 35.1 Å². The maximum absolute atomic E-state index is 11.9. The second kappa shape index (κ2) is 5.49. The average molecular weight is 243 g/mol. The maximum Gasteiger partial charge on any atom is 0.255 e. The molecule has 0 atom stereocenters. The second-order valence-corrected chi connectivity index (χ2v) is 4.22. The summed E-state index contributed by atoms with van der Waals surface area (Å²) in [6, 6.07) is 9.65. The molecule has 2 aromatic rings. The van der Waals surface area contributed by atoms with Crippen LogP contribution < -0.4 is 10.9 Å². The van der Waals surface area contributed by atoms with E-state index < -0.39 is 0 Å². The van der Waals surface area contributed by atoms with Gasteiger partial charge in [0.25, 0.3) is 5.56 Å². The molecule has 0 aliphatic rings. The standard InChI is InChI=1S/C14H17N3O/c1-3-7-12-10(2)15-14(17-13(12)18)16-11-8-5-4-6-9-11/h4-6,8-9H,3,7H2,1-2H3,(H2,15,16,17,18). The fourth-order valence-electron chi connectivity index (χ4n) is 1.87. The molecule has 1 aromatic heterocycles. The van der Waals surface area contributed by atoms with Gasteiger partial charge in [-0.1, -0.05) is 31.5 Å². The number of nitrogens with one attached hydrogen (secondary N) is 2. The zero-order valence-electron chi connectivity index (χ0n) is 10.7. The Morgan fingerprint density at radius 2 is 2.00 bits per heavy atom. The normalized spacial score (nSPS) is 10.3. The molecule has 0 saturated heterocycles. The Labute approximate surface area is 106 Å². The van der Waals surface area contributed by atoms with E-state index in [9.17, 15) is 4.79 Å². The highest BCUT2D eigenvalue weighted by molar-refractivity contribution is 5.52. The molecule has 18 heavy (non-hydrogen) atoms. The van der Waals surface area contributed by atoms with Crippen LogP contribution in [0.2, 0.25) is 0 Å². The topological polar surface area (TPSA) is 57.8 Å². The predicted octanol–water partition coefficient (Wildman–Crippen LogP) is 2.77. The lowest BCUT2D eigenvalue weighted by Crippen LogP contribution is -2.18. The highest BCUT2D eigenvalue weighted by Gasteiger charge is 2.07. The minimum Gasteiger partial charge on any atom is -0.326 e. The summed E-state index contributed by atoms with van der Waals surface area (Å²) in [7, 11) is 0. The Bertz CT molecular complexity index is 575. The van der Waals surface area contributed by atoms with Crippen molar-refractivity contribution in [3.05, 3.63) is 51.9 Å². The van der Waals surface area contributed by atoms with E-state index in [4.69, 9.17) is 0 Å². The first-order valence-electron chi connectivity index (χ1n) is 6.12.